The number of quaternary nitrogens is 1. The predicted octanol–water partition coefficient (Wildman–Crippen LogP) is 1.52. The Balaban J connectivity index is 1.76. The summed E-state index contributed by atoms with van der Waals surface area (Å²) in [5.74, 6) is 1.58. The summed E-state index contributed by atoms with van der Waals surface area (Å²) in [5, 5.41) is 3.72. The summed E-state index contributed by atoms with van der Waals surface area (Å²) in [7, 11) is 0. The van der Waals surface area contributed by atoms with E-state index in [1.807, 2.05) is 24.3 Å². The Morgan fingerprint density at radius 1 is 1.25 bits per heavy atom. The van der Waals surface area contributed by atoms with E-state index in [9.17, 15) is 4.79 Å². The second-order valence-corrected chi connectivity index (χ2v) is 6.62. The van der Waals surface area contributed by atoms with E-state index in [2.05, 4.69) is 19.2 Å². The van der Waals surface area contributed by atoms with Gasteiger partial charge < -0.3 is 10.2 Å². The van der Waals surface area contributed by atoms with Crippen LogP contribution in [0.15, 0.2) is 24.3 Å². The van der Waals surface area contributed by atoms with Crippen LogP contribution in [0.2, 0.25) is 5.02 Å². The van der Waals surface area contributed by atoms with Crippen molar-refractivity contribution < 1.29 is 9.69 Å². The van der Waals surface area contributed by atoms with Crippen LogP contribution in [0.1, 0.15) is 25.8 Å². The van der Waals surface area contributed by atoms with E-state index in [1.165, 1.54) is 11.3 Å². The van der Waals surface area contributed by atoms with Crippen molar-refractivity contribution in [3.05, 3.63) is 34.9 Å². The third-order valence-corrected chi connectivity index (χ3v) is 4.14. The Kier molecular flexibility index (Phi) is 5.44. The first-order valence-electron chi connectivity index (χ1n) is 7.37. The fourth-order valence-corrected chi connectivity index (χ4v) is 3.29. The highest BCUT2D eigenvalue weighted by Gasteiger charge is 2.26. The SMILES string of the molecule is C[C@H]1C[C@H](C)C[NH+](CC(=O)NCc2ccc(Cl)cc2)C1. The van der Waals surface area contributed by atoms with Gasteiger partial charge in [-0.05, 0) is 24.1 Å². The molecule has 3 nitrogen and oxygen atoms in total. The molecule has 1 amide bonds. The normalized spacial score (nSPS) is 26.2. The van der Waals surface area contributed by atoms with Gasteiger partial charge in [0.25, 0.3) is 5.91 Å². The van der Waals surface area contributed by atoms with Crippen LogP contribution in [-0.4, -0.2) is 25.5 Å². The summed E-state index contributed by atoms with van der Waals surface area (Å²) in [4.78, 5) is 13.4. The van der Waals surface area contributed by atoms with Gasteiger partial charge in [0.2, 0.25) is 0 Å². The standard InChI is InChI=1S/C16H23ClN2O/c1-12-7-13(2)10-19(9-12)11-16(20)18-8-14-3-5-15(17)6-4-14/h3-6,12-13H,7-11H2,1-2H3,(H,18,20)/p+1/t12-,13-/m0/s1. The molecule has 20 heavy (non-hydrogen) atoms. The molecule has 0 saturated carbocycles. The number of benzene rings is 1. The highest BCUT2D eigenvalue weighted by molar-refractivity contribution is 6.30. The minimum atomic E-state index is 0.135. The molecule has 1 fully saturated rings. The Morgan fingerprint density at radius 3 is 2.45 bits per heavy atom. The maximum Gasteiger partial charge on any atom is 0.275 e. The van der Waals surface area contributed by atoms with Crippen molar-refractivity contribution in [1.82, 2.24) is 5.32 Å². The van der Waals surface area contributed by atoms with Gasteiger partial charge in [-0.15, -0.1) is 0 Å². The minimum Gasteiger partial charge on any atom is -0.347 e. The van der Waals surface area contributed by atoms with Gasteiger partial charge >= 0.3 is 0 Å². The van der Waals surface area contributed by atoms with Crippen LogP contribution in [0.4, 0.5) is 0 Å². The molecule has 2 rings (SSSR count). The van der Waals surface area contributed by atoms with Gasteiger partial charge in [-0.2, -0.15) is 0 Å². The second-order valence-electron chi connectivity index (χ2n) is 6.18. The first-order valence-corrected chi connectivity index (χ1v) is 7.75. The molecule has 0 spiro atoms. The number of piperidine rings is 1. The monoisotopic (exact) mass is 295 g/mol. The summed E-state index contributed by atoms with van der Waals surface area (Å²) >= 11 is 5.84. The van der Waals surface area contributed by atoms with Crippen molar-refractivity contribution in [2.45, 2.75) is 26.8 Å². The predicted molar refractivity (Wildman–Crippen MR) is 81.8 cm³/mol. The lowest BCUT2D eigenvalue weighted by molar-refractivity contribution is -0.904. The number of hydrogen-bond donors (Lipinski definition) is 2. The zero-order valence-corrected chi connectivity index (χ0v) is 13.0. The molecular weight excluding hydrogens is 272 g/mol. The molecule has 1 saturated heterocycles. The van der Waals surface area contributed by atoms with Gasteiger partial charge in [-0.1, -0.05) is 37.6 Å². The van der Waals surface area contributed by atoms with E-state index in [0.717, 1.165) is 35.5 Å². The number of carbonyl (C=O) groups is 1. The molecule has 0 radical (unpaired) electrons. The molecule has 1 heterocycles. The average Bonchev–Trinajstić information content (AvgIpc) is 2.37. The van der Waals surface area contributed by atoms with Gasteiger partial charge in [0.05, 0.1) is 13.1 Å². The molecule has 2 atom stereocenters. The third-order valence-electron chi connectivity index (χ3n) is 3.89. The zero-order valence-electron chi connectivity index (χ0n) is 12.3. The van der Waals surface area contributed by atoms with Crippen molar-refractivity contribution >= 4 is 17.5 Å². The number of nitrogens with one attached hydrogen (secondary N) is 2. The fourth-order valence-electron chi connectivity index (χ4n) is 3.16. The number of carbonyl (C=O) groups excluding carboxylic acids is 1. The molecule has 0 aromatic heterocycles. The van der Waals surface area contributed by atoms with Crippen LogP contribution in [0.5, 0.6) is 0 Å². The quantitative estimate of drug-likeness (QED) is 0.867. The summed E-state index contributed by atoms with van der Waals surface area (Å²) in [6.07, 6.45) is 1.29. The van der Waals surface area contributed by atoms with Gasteiger partial charge in [-0.3, -0.25) is 4.79 Å². The highest BCUT2D eigenvalue weighted by atomic mass is 35.5. The molecule has 1 aromatic carbocycles. The molecule has 4 heteroatoms. The summed E-state index contributed by atoms with van der Waals surface area (Å²) < 4.78 is 0. The van der Waals surface area contributed by atoms with E-state index in [1.54, 1.807) is 0 Å². The first-order chi connectivity index (χ1) is 9.52. The van der Waals surface area contributed by atoms with Crippen molar-refractivity contribution in [2.24, 2.45) is 11.8 Å². The Bertz CT molecular complexity index is 436. The van der Waals surface area contributed by atoms with Crippen molar-refractivity contribution in [1.29, 1.82) is 0 Å². The Hall–Kier alpha value is -1.06. The largest absolute Gasteiger partial charge is 0.347 e. The van der Waals surface area contributed by atoms with Crippen LogP contribution in [0.25, 0.3) is 0 Å². The summed E-state index contributed by atoms with van der Waals surface area (Å²) in [6.45, 7) is 7.94. The molecule has 2 N–H and O–H groups in total. The smallest absolute Gasteiger partial charge is 0.275 e. The first kappa shape index (κ1) is 15.3. The highest BCUT2D eigenvalue weighted by Crippen LogP contribution is 2.12. The lowest BCUT2D eigenvalue weighted by atomic mass is 9.92. The van der Waals surface area contributed by atoms with Gasteiger partial charge in [-0.25, -0.2) is 0 Å². The molecule has 0 bridgehead atoms. The van der Waals surface area contributed by atoms with E-state index in [4.69, 9.17) is 11.6 Å². The summed E-state index contributed by atoms with van der Waals surface area (Å²) in [6, 6.07) is 7.59. The van der Waals surface area contributed by atoms with Crippen molar-refractivity contribution in [2.75, 3.05) is 19.6 Å². The van der Waals surface area contributed by atoms with Gasteiger partial charge in [0.1, 0.15) is 0 Å². The number of hydrogen-bond acceptors (Lipinski definition) is 1. The lowest BCUT2D eigenvalue weighted by Crippen LogP contribution is -3.15. The van der Waals surface area contributed by atoms with Crippen LogP contribution >= 0.6 is 11.6 Å². The number of halogens is 1. The summed E-state index contributed by atoms with van der Waals surface area (Å²) in [5.41, 5.74) is 1.08. The van der Waals surface area contributed by atoms with Crippen LogP contribution < -0.4 is 10.2 Å². The molecule has 1 aliphatic heterocycles. The van der Waals surface area contributed by atoms with E-state index in [-0.39, 0.29) is 5.91 Å². The number of amides is 1. The van der Waals surface area contributed by atoms with Gasteiger partial charge in [0, 0.05) is 23.4 Å². The number of likely N-dealkylation sites (tertiary alicyclic amines) is 1. The maximum absolute atomic E-state index is 12.0. The zero-order chi connectivity index (χ0) is 14.5. The van der Waals surface area contributed by atoms with Crippen LogP contribution in [0, 0.1) is 11.8 Å². The topological polar surface area (TPSA) is 33.5 Å². The average molecular weight is 296 g/mol. The molecule has 0 unspecified atom stereocenters. The van der Waals surface area contributed by atoms with E-state index < -0.39 is 0 Å². The minimum absolute atomic E-state index is 0.135. The van der Waals surface area contributed by atoms with Crippen molar-refractivity contribution in [3.8, 4) is 0 Å². The molecule has 0 aliphatic carbocycles. The Morgan fingerprint density at radius 2 is 1.85 bits per heavy atom. The molecule has 1 aliphatic rings. The second kappa shape index (κ2) is 7.09. The van der Waals surface area contributed by atoms with E-state index >= 15 is 0 Å². The lowest BCUT2D eigenvalue weighted by Gasteiger charge is -2.31. The molecule has 1 aromatic rings. The van der Waals surface area contributed by atoms with E-state index in [0.29, 0.717) is 13.1 Å². The Labute approximate surface area is 126 Å². The number of rotatable bonds is 4. The maximum atomic E-state index is 12.0. The molecular formula is C16H24ClN2O+. The third kappa shape index (κ3) is 4.80. The van der Waals surface area contributed by atoms with Gasteiger partial charge in [0.15, 0.2) is 6.54 Å². The van der Waals surface area contributed by atoms with Crippen LogP contribution in [0.3, 0.4) is 0 Å². The fraction of sp³-hybridized carbons (Fsp3) is 0.562. The van der Waals surface area contributed by atoms with Crippen molar-refractivity contribution in [3.63, 3.8) is 0 Å². The van der Waals surface area contributed by atoms with Crippen LogP contribution in [-0.2, 0) is 11.3 Å². The molecule has 110 valence electrons.